The van der Waals surface area contributed by atoms with Crippen LogP contribution in [0, 0.1) is 0 Å². The van der Waals surface area contributed by atoms with Crippen molar-refractivity contribution in [1.29, 1.82) is 0 Å². The van der Waals surface area contributed by atoms with E-state index in [1.807, 2.05) is 12.1 Å². The van der Waals surface area contributed by atoms with Crippen LogP contribution in [-0.2, 0) is 31.7 Å². The van der Waals surface area contributed by atoms with E-state index in [0.717, 1.165) is 24.0 Å². The van der Waals surface area contributed by atoms with Crippen LogP contribution in [0.1, 0.15) is 43.2 Å². The highest BCUT2D eigenvalue weighted by Crippen LogP contribution is 2.19. The Hall–Kier alpha value is -1.40. The molecule has 0 aliphatic heterocycles. The zero-order valence-electron chi connectivity index (χ0n) is 13.6. The molecule has 1 aromatic carbocycles. The molecule has 6 heteroatoms. The average molecular weight is 339 g/mol. The van der Waals surface area contributed by atoms with Crippen LogP contribution in [0.4, 0.5) is 0 Å². The van der Waals surface area contributed by atoms with E-state index in [4.69, 9.17) is 4.74 Å². The number of rotatable bonds is 7. The van der Waals surface area contributed by atoms with Gasteiger partial charge in [-0.3, -0.25) is 4.79 Å². The lowest BCUT2D eigenvalue weighted by Gasteiger charge is -2.21. The molecular weight excluding hydrogens is 314 g/mol. The zero-order chi connectivity index (χ0) is 16.7. The highest BCUT2D eigenvalue weighted by Gasteiger charge is 2.15. The van der Waals surface area contributed by atoms with Gasteiger partial charge in [0.15, 0.2) is 9.84 Å². The quantitative estimate of drug-likeness (QED) is 0.826. The molecule has 1 amide bonds. The smallest absolute Gasteiger partial charge is 0.246 e. The van der Waals surface area contributed by atoms with Gasteiger partial charge in [-0.2, -0.15) is 0 Å². The van der Waals surface area contributed by atoms with Crippen molar-refractivity contribution < 1.29 is 17.9 Å². The van der Waals surface area contributed by atoms with Gasteiger partial charge in [0.25, 0.3) is 0 Å². The Labute approximate surface area is 138 Å². The molecule has 5 nitrogen and oxygen atoms in total. The Bertz CT molecular complexity index is 604. The van der Waals surface area contributed by atoms with Gasteiger partial charge in [-0.25, -0.2) is 8.42 Å². The molecule has 1 fully saturated rings. The number of amides is 1. The number of hydrogen-bond acceptors (Lipinski definition) is 4. The molecule has 1 aliphatic carbocycles. The fourth-order valence-electron chi connectivity index (χ4n) is 2.73. The molecule has 1 aliphatic rings. The number of hydrogen-bond donors (Lipinski definition) is 1. The minimum atomic E-state index is -3.02. The standard InChI is InChI=1S/C17H25NO4S/c1-23(20,21)13-15-9-7-14(8-10-15)11-18-17(19)12-22-16-5-3-2-4-6-16/h7-10,16H,2-6,11-13H2,1H3,(H,18,19). The van der Waals surface area contributed by atoms with E-state index in [2.05, 4.69) is 5.32 Å². The molecule has 128 valence electrons. The Balaban J connectivity index is 1.71. The summed E-state index contributed by atoms with van der Waals surface area (Å²) in [6.45, 7) is 0.531. The molecule has 0 unspecified atom stereocenters. The summed E-state index contributed by atoms with van der Waals surface area (Å²) in [6.07, 6.45) is 7.18. The molecular formula is C17H25NO4S. The summed E-state index contributed by atoms with van der Waals surface area (Å²) < 4.78 is 28.1. The second-order valence-electron chi connectivity index (χ2n) is 6.23. The molecule has 0 saturated heterocycles. The summed E-state index contributed by atoms with van der Waals surface area (Å²) >= 11 is 0. The van der Waals surface area contributed by atoms with Crippen LogP contribution in [0.3, 0.4) is 0 Å². The molecule has 0 atom stereocenters. The molecule has 2 rings (SSSR count). The first kappa shape index (κ1) is 17.9. The zero-order valence-corrected chi connectivity index (χ0v) is 14.4. The van der Waals surface area contributed by atoms with Crippen LogP contribution in [0.25, 0.3) is 0 Å². The fraction of sp³-hybridized carbons (Fsp3) is 0.588. The summed E-state index contributed by atoms with van der Waals surface area (Å²) in [5, 5.41) is 2.82. The highest BCUT2D eigenvalue weighted by molar-refractivity contribution is 7.89. The third kappa shape index (κ3) is 7.14. The molecule has 1 saturated carbocycles. The normalized spacial score (nSPS) is 16.2. The average Bonchev–Trinajstić information content (AvgIpc) is 2.52. The van der Waals surface area contributed by atoms with E-state index in [-0.39, 0.29) is 24.4 Å². The van der Waals surface area contributed by atoms with Crippen LogP contribution >= 0.6 is 0 Å². The van der Waals surface area contributed by atoms with E-state index in [1.165, 1.54) is 25.5 Å². The summed E-state index contributed by atoms with van der Waals surface area (Å²) in [4.78, 5) is 11.8. The van der Waals surface area contributed by atoms with Gasteiger partial charge in [-0.1, -0.05) is 43.5 Å². The van der Waals surface area contributed by atoms with Crippen molar-refractivity contribution >= 4 is 15.7 Å². The third-order valence-electron chi connectivity index (χ3n) is 3.94. The Morgan fingerprint density at radius 1 is 1.13 bits per heavy atom. The van der Waals surface area contributed by atoms with Gasteiger partial charge >= 0.3 is 0 Å². The van der Waals surface area contributed by atoms with Crippen LogP contribution in [-0.4, -0.2) is 33.3 Å². The molecule has 0 radical (unpaired) electrons. The highest BCUT2D eigenvalue weighted by atomic mass is 32.2. The van der Waals surface area contributed by atoms with Gasteiger partial charge in [0.1, 0.15) is 6.61 Å². The van der Waals surface area contributed by atoms with Crippen LogP contribution in [0.5, 0.6) is 0 Å². The topological polar surface area (TPSA) is 72.5 Å². The van der Waals surface area contributed by atoms with E-state index in [1.54, 1.807) is 12.1 Å². The first-order chi connectivity index (χ1) is 10.9. The lowest BCUT2D eigenvalue weighted by atomic mass is 9.98. The molecule has 0 heterocycles. The van der Waals surface area contributed by atoms with Gasteiger partial charge in [0, 0.05) is 12.8 Å². The summed E-state index contributed by atoms with van der Waals surface area (Å²) in [6, 6.07) is 7.23. The number of ether oxygens (including phenoxy) is 1. The van der Waals surface area contributed by atoms with E-state index in [0.29, 0.717) is 6.54 Å². The van der Waals surface area contributed by atoms with Gasteiger partial charge in [-0.05, 0) is 24.0 Å². The van der Waals surface area contributed by atoms with Crippen molar-refractivity contribution in [1.82, 2.24) is 5.32 Å². The van der Waals surface area contributed by atoms with Crippen molar-refractivity contribution in [2.75, 3.05) is 12.9 Å². The summed E-state index contributed by atoms with van der Waals surface area (Å²) in [5.74, 6) is -0.0784. The minimum absolute atomic E-state index is 0.0366. The van der Waals surface area contributed by atoms with Crippen molar-refractivity contribution in [2.24, 2.45) is 0 Å². The van der Waals surface area contributed by atoms with Crippen molar-refractivity contribution in [3.05, 3.63) is 35.4 Å². The van der Waals surface area contributed by atoms with Crippen molar-refractivity contribution in [3.63, 3.8) is 0 Å². The molecule has 1 N–H and O–H groups in total. The molecule has 23 heavy (non-hydrogen) atoms. The van der Waals surface area contributed by atoms with E-state index < -0.39 is 9.84 Å². The second-order valence-corrected chi connectivity index (χ2v) is 8.37. The largest absolute Gasteiger partial charge is 0.368 e. The molecule has 0 aromatic heterocycles. The van der Waals surface area contributed by atoms with Gasteiger partial charge in [0.05, 0.1) is 11.9 Å². The number of carbonyl (C=O) groups excluding carboxylic acids is 1. The predicted molar refractivity (Wildman–Crippen MR) is 89.7 cm³/mol. The van der Waals surface area contributed by atoms with Crippen molar-refractivity contribution in [3.8, 4) is 0 Å². The molecule has 1 aromatic rings. The molecule has 0 bridgehead atoms. The monoisotopic (exact) mass is 339 g/mol. The van der Waals surface area contributed by atoms with Gasteiger partial charge in [0.2, 0.25) is 5.91 Å². The lowest BCUT2D eigenvalue weighted by molar-refractivity contribution is -0.128. The summed E-state index contributed by atoms with van der Waals surface area (Å²) in [7, 11) is -3.02. The maximum Gasteiger partial charge on any atom is 0.246 e. The Morgan fingerprint density at radius 3 is 2.35 bits per heavy atom. The minimum Gasteiger partial charge on any atom is -0.368 e. The Kier molecular flexibility index (Phi) is 6.59. The number of nitrogens with one attached hydrogen (secondary N) is 1. The fourth-order valence-corrected chi connectivity index (χ4v) is 3.53. The third-order valence-corrected chi connectivity index (χ3v) is 4.80. The van der Waals surface area contributed by atoms with Gasteiger partial charge < -0.3 is 10.1 Å². The van der Waals surface area contributed by atoms with Crippen LogP contribution < -0.4 is 5.32 Å². The maximum atomic E-state index is 11.8. The second kappa shape index (κ2) is 8.45. The predicted octanol–water partition coefficient (Wildman–Crippen LogP) is 2.20. The first-order valence-corrected chi connectivity index (χ1v) is 10.1. The SMILES string of the molecule is CS(=O)(=O)Cc1ccc(CNC(=O)COC2CCCCC2)cc1. The molecule has 0 spiro atoms. The van der Waals surface area contributed by atoms with E-state index in [9.17, 15) is 13.2 Å². The Morgan fingerprint density at radius 2 is 1.74 bits per heavy atom. The number of benzene rings is 1. The van der Waals surface area contributed by atoms with Gasteiger partial charge in [-0.15, -0.1) is 0 Å². The lowest BCUT2D eigenvalue weighted by Crippen LogP contribution is -2.30. The number of sulfone groups is 1. The van der Waals surface area contributed by atoms with Crippen LogP contribution in [0.15, 0.2) is 24.3 Å². The van der Waals surface area contributed by atoms with E-state index >= 15 is 0 Å². The number of carbonyl (C=O) groups is 1. The maximum absolute atomic E-state index is 11.8. The van der Waals surface area contributed by atoms with Crippen molar-refractivity contribution in [2.45, 2.75) is 50.5 Å². The summed E-state index contributed by atoms with van der Waals surface area (Å²) in [5.41, 5.74) is 1.69. The van der Waals surface area contributed by atoms with Crippen LogP contribution in [0.2, 0.25) is 0 Å². The first-order valence-electron chi connectivity index (χ1n) is 8.06.